The molecular weight excluding hydrogens is 342 g/mol. The van der Waals surface area contributed by atoms with Gasteiger partial charge >= 0.3 is 5.97 Å². The molecule has 0 aliphatic carbocycles. The summed E-state index contributed by atoms with van der Waals surface area (Å²) in [5.74, 6) is 0.818. The third kappa shape index (κ3) is 4.59. The highest BCUT2D eigenvalue weighted by Crippen LogP contribution is 2.19. The summed E-state index contributed by atoms with van der Waals surface area (Å²) >= 11 is 0. The van der Waals surface area contributed by atoms with Gasteiger partial charge in [-0.25, -0.2) is 9.98 Å². The van der Waals surface area contributed by atoms with Crippen molar-refractivity contribution < 1.29 is 9.53 Å². The highest BCUT2D eigenvalue weighted by atomic mass is 16.5. The topological polar surface area (TPSA) is 71.2 Å². The van der Waals surface area contributed by atoms with Gasteiger partial charge in [-0.3, -0.25) is 4.79 Å². The van der Waals surface area contributed by atoms with Crippen molar-refractivity contribution in [1.82, 2.24) is 19.6 Å². The zero-order valence-electron chi connectivity index (χ0n) is 16.4. The van der Waals surface area contributed by atoms with Crippen molar-refractivity contribution in [3.8, 4) is 0 Å². The number of aromatic nitrogens is 2. The van der Waals surface area contributed by atoms with Crippen LogP contribution in [0.3, 0.4) is 0 Å². The second-order valence-corrected chi connectivity index (χ2v) is 6.81. The number of piperidine rings is 1. The lowest BCUT2D eigenvalue weighted by atomic mass is 9.97. The molecule has 27 heavy (non-hydrogen) atoms. The Labute approximate surface area is 160 Å². The molecule has 0 radical (unpaired) electrons. The van der Waals surface area contributed by atoms with Gasteiger partial charge in [-0.05, 0) is 45.7 Å². The van der Waals surface area contributed by atoms with Crippen LogP contribution in [0, 0.1) is 12.8 Å². The summed E-state index contributed by atoms with van der Waals surface area (Å²) < 4.78 is 7.24. The molecule has 1 saturated heterocycles. The van der Waals surface area contributed by atoms with Crippen molar-refractivity contribution in [2.75, 3.05) is 26.2 Å². The summed E-state index contributed by atoms with van der Waals surface area (Å²) in [7, 11) is 0. The molecule has 7 nitrogen and oxygen atoms in total. The molecule has 3 heterocycles. The van der Waals surface area contributed by atoms with E-state index in [9.17, 15) is 4.79 Å². The molecule has 0 saturated carbocycles. The summed E-state index contributed by atoms with van der Waals surface area (Å²) in [6, 6.07) is 6.09. The van der Waals surface area contributed by atoms with Crippen molar-refractivity contribution >= 4 is 17.6 Å². The molecule has 0 bridgehead atoms. The Morgan fingerprint density at radius 2 is 2.11 bits per heavy atom. The van der Waals surface area contributed by atoms with Crippen LogP contribution in [0.5, 0.6) is 0 Å². The van der Waals surface area contributed by atoms with Crippen molar-refractivity contribution in [3.05, 3.63) is 35.8 Å². The van der Waals surface area contributed by atoms with Gasteiger partial charge in [-0.2, -0.15) is 0 Å². The van der Waals surface area contributed by atoms with Crippen LogP contribution in [0.15, 0.2) is 29.4 Å². The molecular formula is C20H29N5O2. The quantitative estimate of drug-likeness (QED) is 0.496. The molecule has 3 rings (SSSR count). The number of carbonyl (C=O) groups is 1. The summed E-state index contributed by atoms with van der Waals surface area (Å²) in [6.45, 7) is 9.38. The fraction of sp³-hybridized carbons (Fsp3) is 0.550. The maximum absolute atomic E-state index is 11.9. The van der Waals surface area contributed by atoms with E-state index < -0.39 is 0 Å². The Morgan fingerprint density at radius 1 is 1.33 bits per heavy atom. The van der Waals surface area contributed by atoms with E-state index in [0.717, 1.165) is 55.5 Å². The van der Waals surface area contributed by atoms with Crippen LogP contribution in [0.1, 0.15) is 38.1 Å². The van der Waals surface area contributed by atoms with Gasteiger partial charge in [0.05, 0.1) is 24.8 Å². The minimum atomic E-state index is -0.0702. The zero-order valence-corrected chi connectivity index (χ0v) is 16.4. The van der Waals surface area contributed by atoms with Gasteiger partial charge in [0.2, 0.25) is 0 Å². The number of nitrogens with zero attached hydrogens (tertiary/aromatic N) is 4. The Balaban J connectivity index is 1.66. The number of likely N-dealkylation sites (tertiary alicyclic amines) is 1. The highest BCUT2D eigenvalue weighted by molar-refractivity contribution is 5.80. The van der Waals surface area contributed by atoms with E-state index in [0.29, 0.717) is 13.2 Å². The smallest absolute Gasteiger partial charge is 0.309 e. The molecule has 0 spiro atoms. The zero-order chi connectivity index (χ0) is 19.2. The standard InChI is InChI=1S/C20H29N5O2/c1-4-21-20(24-11-9-16(10-12-24)19(26)27-5-2)22-13-17-14-25-15(3)7-6-8-18(25)23-17/h6-8,14,16H,4-5,9-13H2,1-3H3,(H,21,22). The van der Waals surface area contributed by atoms with Crippen molar-refractivity contribution in [3.63, 3.8) is 0 Å². The van der Waals surface area contributed by atoms with Gasteiger partial charge in [0.25, 0.3) is 0 Å². The lowest BCUT2D eigenvalue weighted by Crippen LogP contribution is -2.46. The van der Waals surface area contributed by atoms with Gasteiger partial charge in [-0.15, -0.1) is 0 Å². The number of carbonyl (C=O) groups excluding carboxylic acids is 1. The third-order valence-electron chi connectivity index (χ3n) is 4.89. The number of imidazole rings is 1. The molecule has 7 heteroatoms. The second kappa shape index (κ2) is 8.88. The van der Waals surface area contributed by atoms with E-state index in [1.54, 1.807) is 0 Å². The average molecular weight is 371 g/mol. The summed E-state index contributed by atoms with van der Waals surface area (Å²) in [5, 5.41) is 3.36. The lowest BCUT2D eigenvalue weighted by Gasteiger charge is -2.33. The molecule has 0 aromatic carbocycles. The van der Waals surface area contributed by atoms with Crippen LogP contribution in [-0.4, -0.2) is 52.5 Å². The first-order chi connectivity index (χ1) is 13.1. The number of fused-ring (bicyclic) bond motifs is 1. The Bertz CT molecular complexity index is 806. The first-order valence-electron chi connectivity index (χ1n) is 9.75. The van der Waals surface area contributed by atoms with Crippen LogP contribution in [-0.2, 0) is 16.1 Å². The minimum Gasteiger partial charge on any atom is -0.466 e. The summed E-state index contributed by atoms with van der Waals surface area (Å²) in [5.41, 5.74) is 3.05. The van der Waals surface area contributed by atoms with E-state index in [4.69, 9.17) is 9.73 Å². The second-order valence-electron chi connectivity index (χ2n) is 6.81. The first-order valence-corrected chi connectivity index (χ1v) is 9.75. The minimum absolute atomic E-state index is 0.00508. The van der Waals surface area contributed by atoms with Gasteiger partial charge in [0.1, 0.15) is 5.65 Å². The molecule has 1 N–H and O–H groups in total. The van der Waals surface area contributed by atoms with Crippen LogP contribution in [0.4, 0.5) is 0 Å². The molecule has 1 aliphatic rings. The third-order valence-corrected chi connectivity index (χ3v) is 4.89. The number of hydrogen-bond donors (Lipinski definition) is 1. The normalized spacial score (nSPS) is 16.0. The number of nitrogens with one attached hydrogen (secondary N) is 1. The molecule has 2 aromatic rings. The fourth-order valence-corrected chi connectivity index (χ4v) is 3.44. The average Bonchev–Trinajstić information content (AvgIpc) is 3.10. The largest absolute Gasteiger partial charge is 0.466 e. The van der Waals surface area contributed by atoms with E-state index >= 15 is 0 Å². The number of hydrogen-bond acceptors (Lipinski definition) is 4. The van der Waals surface area contributed by atoms with Gasteiger partial charge in [-0.1, -0.05) is 6.07 Å². The molecule has 2 aromatic heterocycles. The van der Waals surface area contributed by atoms with Crippen molar-refractivity contribution in [2.45, 2.75) is 40.2 Å². The van der Waals surface area contributed by atoms with Gasteiger partial charge in [0.15, 0.2) is 5.96 Å². The number of guanidine groups is 1. The molecule has 146 valence electrons. The van der Waals surface area contributed by atoms with Crippen LogP contribution >= 0.6 is 0 Å². The van der Waals surface area contributed by atoms with E-state index in [1.165, 1.54) is 0 Å². The van der Waals surface area contributed by atoms with E-state index in [2.05, 4.69) is 39.5 Å². The summed E-state index contributed by atoms with van der Waals surface area (Å²) in [4.78, 5) is 23.6. The van der Waals surface area contributed by atoms with Crippen molar-refractivity contribution in [1.29, 1.82) is 0 Å². The molecule has 0 unspecified atom stereocenters. The number of pyridine rings is 1. The van der Waals surface area contributed by atoms with E-state index in [-0.39, 0.29) is 11.9 Å². The number of esters is 1. The molecule has 0 atom stereocenters. The van der Waals surface area contributed by atoms with Gasteiger partial charge < -0.3 is 19.4 Å². The van der Waals surface area contributed by atoms with Crippen LogP contribution in [0.2, 0.25) is 0 Å². The maximum atomic E-state index is 11.9. The lowest BCUT2D eigenvalue weighted by molar-refractivity contribution is -0.149. The number of ether oxygens (including phenoxy) is 1. The SMILES string of the molecule is CCNC(=NCc1cn2c(C)cccc2n1)N1CCC(C(=O)OCC)CC1. The van der Waals surface area contributed by atoms with Crippen LogP contribution < -0.4 is 5.32 Å². The monoisotopic (exact) mass is 371 g/mol. The molecule has 0 amide bonds. The Morgan fingerprint density at radius 3 is 2.78 bits per heavy atom. The Kier molecular flexibility index (Phi) is 6.32. The predicted octanol–water partition coefficient (Wildman–Crippen LogP) is 2.38. The number of rotatable bonds is 5. The van der Waals surface area contributed by atoms with E-state index in [1.807, 2.05) is 25.3 Å². The van der Waals surface area contributed by atoms with Gasteiger partial charge in [0, 0.05) is 31.5 Å². The predicted molar refractivity (Wildman–Crippen MR) is 106 cm³/mol. The van der Waals surface area contributed by atoms with Crippen LogP contribution in [0.25, 0.3) is 5.65 Å². The molecule has 1 aliphatic heterocycles. The Hall–Kier alpha value is -2.57. The van der Waals surface area contributed by atoms with Crippen molar-refractivity contribution in [2.24, 2.45) is 10.9 Å². The number of aliphatic imine (C=N–C) groups is 1. The summed E-state index contributed by atoms with van der Waals surface area (Å²) in [6.07, 6.45) is 3.65. The highest BCUT2D eigenvalue weighted by Gasteiger charge is 2.27. The first kappa shape index (κ1) is 19.2. The maximum Gasteiger partial charge on any atom is 0.309 e. The molecule has 1 fully saturated rings. The number of aryl methyl sites for hydroxylation is 1. The fourth-order valence-electron chi connectivity index (χ4n) is 3.44.